The lowest BCUT2D eigenvalue weighted by Gasteiger charge is -2.44. The Hall–Kier alpha value is -1.84. The molecule has 0 bridgehead atoms. The average Bonchev–Trinajstić information content (AvgIpc) is 2.53. The number of nitrogens with zero attached hydrogens (tertiary/aromatic N) is 1. The predicted octanol–water partition coefficient (Wildman–Crippen LogP) is 3.18. The van der Waals surface area contributed by atoms with E-state index in [2.05, 4.69) is 0 Å². The number of fused-ring (bicyclic) bond motifs is 1. The summed E-state index contributed by atoms with van der Waals surface area (Å²) in [5.74, 6) is -0.238. The summed E-state index contributed by atoms with van der Waals surface area (Å²) in [6.07, 6.45) is 7.18. The summed E-state index contributed by atoms with van der Waals surface area (Å²) in [7, 11) is 0. The van der Waals surface area contributed by atoms with Gasteiger partial charge in [-0.15, -0.1) is 0 Å². The zero-order valence-electron chi connectivity index (χ0n) is 12.1. The van der Waals surface area contributed by atoms with Gasteiger partial charge in [-0.05, 0) is 55.9 Å². The molecule has 1 N–H and O–H groups in total. The topological polar surface area (TPSA) is 57.6 Å². The minimum absolute atomic E-state index is 0.0588. The number of carboxylic acids is 1. The number of hydrogen-bond donors (Lipinski definition) is 1. The van der Waals surface area contributed by atoms with E-state index >= 15 is 0 Å². The standard InChI is InChI=1S/C17H21NO3/c19-16(13-7-9-14(10-8-13)17(20)21)18-11-3-5-12-4-1-2-6-15(12)18/h7-10,12,15H,1-6,11H2,(H,20,21)/t12-,15-/m1/s1. The second kappa shape index (κ2) is 5.88. The third-order valence-corrected chi connectivity index (χ3v) is 4.88. The lowest BCUT2D eigenvalue weighted by atomic mass is 9.78. The highest BCUT2D eigenvalue weighted by Crippen LogP contribution is 2.35. The highest BCUT2D eigenvalue weighted by atomic mass is 16.4. The molecule has 1 saturated heterocycles. The molecule has 21 heavy (non-hydrogen) atoms. The molecule has 1 aromatic rings. The Morgan fingerprint density at radius 3 is 2.29 bits per heavy atom. The molecule has 3 rings (SSSR count). The molecule has 1 amide bonds. The first kappa shape index (κ1) is 14.1. The number of carbonyl (C=O) groups is 2. The highest BCUT2D eigenvalue weighted by molar-refractivity contribution is 5.96. The Kier molecular flexibility index (Phi) is 3.95. The van der Waals surface area contributed by atoms with E-state index in [4.69, 9.17) is 5.11 Å². The zero-order valence-corrected chi connectivity index (χ0v) is 12.1. The first-order chi connectivity index (χ1) is 10.2. The van der Waals surface area contributed by atoms with Crippen LogP contribution < -0.4 is 0 Å². The van der Waals surface area contributed by atoms with Crippen molar-refractivity contribution in [2.45, 2.75) is 44.6 Å². The van der Waals surface area contributed by atoms with Crippen LogP contribution in [0.1, 0.15) is 59.2 Å². The fraction of sp³-hybridized carbons (Fsp3) is 0.529. The average molecular weight is 287 g/mol. The quantitative estimate of drug-likeness (QED) is 0.909. The molecule has 1 aromatic carbocycles. The molecule has 0 aromatic heterocycles. The minimum atomic E-state index is -0.959. The number of carbonyl (C=O) groups excluding carboxylic acids is 1. The molecule has 2 fully saturated rings. The van der Waals surface area contributed by atoms with E-state index in [0.717, 1.165) is 19.4 Å². The molecule has 0 spiro atoms. The molecule has 4 heteroatoms. The fourth-order valence-electron chi connectivity index (χ4n) is 3.80. The Labute approximate surface area is 124 Å². The number of piperidine rings is 1. The van der Waals surface area contributed by atoms with Crippen molar-refractivity contribution in [3.8, 4) is 0 Å². The first-order valence-corrected chi connectivity index (χ1v) is 7.81. The summed E-state index contributed by atoms with van der Waals surface area (Å²) < 4.78 is 0. The van der Waals surface area contributed by atoms with E-state index in [1.165, 1.54) is 37.8 Å². The van der Waals surface area contributed by atoms with E-state index in [-0.39, 0.29) is 11.5 Å². The monoisotopic (exact) mass is 287 g/mol. The number of likely N-dealkylation sites (tertiary alicyclic amines) is 1. The smallest absolute Gasteiger partial charge is 0.335 e. The number of benzene rings is 1. The lowest BCUT2D eigenvalue weighted by Crippen LogP contribution is -2.49. The Morgan fingerprint density at radius 2 is 1.57 bits per heavy atom. The summed E-state index contributed by atoms with van der Waals surface area (Å²) >= 11 is 0. The lowest BCUT2D eigenvalue weighted by molar-refractivity contribution is 0.0390. The first-order valence-electron chi connectivity index (χ1n) is 7.81. The molecular weight excluding hydrogens is 266 g/mol. The highest BCUT2D eigenvalue weighted by Gasteiger charge is 2.35. The van der Waals surface area contributed by atoms with Crippen LogP contribution in [0.15, 0.2) is 24.3 Å². The van der Waals surface area contributed by atoms with Crippen LogP contribution >= 0.6 is 0 Å². The second-order valence-electron chi connectivity index (χ2n) is 6.14. The van der Waals surface area contributed by atoms with Gasteiger partial charge in [0.1, 0.15) is 0 Å². The normalized spacial score (nSPS) is 25.2. The third-order valence-electron chi connectivity index (χ3n) is 4.88. The maximum absolute atomic E-state index is 12.7. The summed E-state index contributed by atoms with van der Waals surface area (Å²) in [6, 6.07) is 6.69. The maximum Gasteiger partial charge on any atom is 0.335 e. The van der Waals surface area contributed by atoms with Crippen LogP contribution in [0, 0.1) is 5.92 Å². The number of rotatable bonds is 2. The van der Waals surface area contributed by atoms with Gasteiger partial charge in [0, 0.05) is 18.2 Å². The SMILES string of the molecule is O=C(O)c1ccc(C(=O)N2CCC[C@H]3CCCC[C@H]32)cc1. The van der Waals surface area contributed by atoms with Gasteiger partial charge < -0.3 is 10.0 Å². The van der Waals surface area contributed by atoms with Crippen LogP contribution in [-0.4, -0.2) is 34.5 Å². The van der Waals surface area contributed by atoms with E-state index in [1.54, 1.807) is 12.1 Å². The molecule has 1 heterocycles. The molecule has 0 unspecified atom stereocenters. The van der Waals surface area contributed by atoms with Gasteiger partial charge in [-0.1, -0.05) is 12.8 Å². The van der Waals surface area contributed by atoms with Crippen molar-refractivity contribution in [3.63, 3.8) is 0 Å². The van der Waals surface area contributed by atoms with Gasteiger partial charge in [0.2, 0.25) is 0 Å². The van der Waals surface area contributed by atoms with Crippen LogP contribution in [0.3, 0.4) is 0 Å². The molecule has 112 valence electrons. The third kappa shape index (κ3) is 2.80. The zero-order chi connectivity index (χ0) is 14.8. The minimum Gasteiger partial charge on any atom is -0.478 e. The van der Waals surface area contributed by atoms with E-state index < -0.39 is 5.97 Å². The summed E-state index contributed by atoms with van der Waals surface area (Å²) in [4.78, 5) is 25.6. The molecule has 1 aliphatic carbocycles. The second-order valence-corrected chi connectivity index (χ2v) is 6.14. The molecule has 4 nitrogen and oxygen atoms in total. The van der Waals surface area contributed by atoms with Crippen molar-refractivity contribution >= 4 is 11.9 Å². The van der Waals surface area contributed by atoms with Crippen LogP contribution in [-0.2, 0) is 0 Å². The molecule has 0 radical (unpaired) electrons. The van der Waals surface area contributed by atoms with E-state index in [0.29, 0.717) is 17.5 Å². The Morgan fingerprint density at radius 1 is 0.952 bits per heavy atom. The van der Waals surface area contributed by atoms with Gasteiger partial charge >= 0.3 is 5.97 Å². The van der Waals surface area contributed by atoms with Crippen molar-refractivity contribution in [3.05, 3.63) is 35.4 Å². The van der Waals surface area contributed by atoms with Gasteiger partial charge in [0.15, 0.2) is 0 Å². The number of amides is 1. The summed E-state index contributed by atoms with van der Waals surface area (Å²) in [5, 5.41) is 8.92. The van der Waals surface area contributed by atoms with Gasteiger partial charge in [0.25, 0.3) is 5.91 Å². The number of carboxylic acid groups (broad SMARTS) is 1. The number of aromatic carboxylic acids is 1. The van der Waals surface area contributed by atoms with Crippen molar-refractivity contribution < 1.29 is 14.7 Å². The van der Waals surface area contributed by atoms with Gasteiger partial charge in [-0.25, -0.2) is 4.79 Å². The molecular formula is C17H21NO3. The van der Waals surface area contributed by atoms with E-state index in [1.807, 2.05) is 4.90 Å². The van der Waals surface area contributed by atoms with Crippen molar-refractivity contribution in [2.24, 2.45) is 5.92 Å². The van der Waals surface area contributed by atoms with Crippen molar-refractivity contribution in [2.75, 3.05) is 6.54 Å². The number of hydrogen-bond acceptors (Lipinski definition) is 2. The van der Waals surface area contributed by atoms with E-state index in [9.17, 15) is 9.59 Å². The summed E-state index contributed by atoms with van der Waals surface area (Å²) in [6.45, 7) is 0.834. The van der Waals surface area contributed by atoms with Crippen LogP contribution in [0.2, 0.25) is 0 Å². The fourth-order valence-corrected chi connectivity index (χ4v) is 3.80. The van der Waals surface area contributed by atoms with Gasteiger partial charge in [-0.2, -0.15) is 0 Å². The Balaban J connectivity index is 1.78. The summed E-state index contributed by atoms with van der Waals surface area (Å²) in [5.41, 5.74) is 0.826. The van der Waals surface area contributed by atoms with Gasteiger partial charge in [-0.3, -0.25) is 4.79 Å². The Bertz CT molecular complexity index is 535. The van der Waals surface area contributed by atoms with Gasteiger partial charge in [0.05, 0.1) is 5.56 Å². The van der Waals surface area contributed by atoms with Crippen molar-refractivity contribution in [1.29, 1.82) is 0 Å². The molecule has 2 aliphatic rings. The van der Waals surface area contributed by atoms with Crippen LogP contribution in [0.4, 0.5) is 0 Å². The molecule has 1 aliphatic heterocycles. The largest absolute Gasteiger partial charge is 0.478 e. The maximum atomic E-state index is 12.7. The molecule has 2 atom stereocenters. The molecule has 1 saturated carbocycles. The van der Waals surface area contributed by atoms with Crippen molar-refractivity contribution in [1.82, 2.24) is 4.90 Å². The predicted molar refractivity (Wildman–Crippen MR) is 79.4 cm³/mol. The van der Waals surface area contributed by atoms with Crippen LogP contribution in [0.25, 0.3) is 0 Å². The van der Waals surface area contributed by atoms with Crippen LogP contribution in [0.5, 0.6) is 0 Å².